The van der Waals surface area contributed by atoms with E-state index in [-0.39, 0.29) is 48.5 Å². The summed E-state index contributed by atoms with van der Waals surface area (Å²) in [4.78, 5) is 4.33. The Morgan fingerprint density at radius 2 is 0.328 bits per heavy atom. The molecule has 0 aliphatic carbocycles. The molecule has 360 valence electrons. The zero-order chi connectivity index (χ0) is 49.4. The van der Waals surface area contributed by atoms with Crippen molar-refractivity contribution in [2.24, 2.45) is 0 Å². The van der Waals surface area contributed by atoms with Crippen LogP contribution in [-0.4, -0.2) is 92.0 Å². The van der Waals surface area contributed by atoms with Gasteiger partial charge in [0.1, 0.15) is 23.7 Å². The van der Waals surface area contributed by atoms with Crippen molar-refractivity contribution in [3.05, 3.63) is 94.1 Å². The van der Waals surface area contributed by atoms with E-state index < -0.39 is 141 Å². The lowest BCUT2D eigenvalue weighted by Gasteiger charge is -2.35. The zero-order valence-electron chi connectivity index (χ0n) is 29.5. The van der Waals surface area contributed by atoms with Gasteiger partial charge in [0, 0.05) is 45.6 Å². The van der Waals surface area contributed by atoms with E-state index in [0.29, 0.717) is 0 Å². The van der Waals surface area contributed by atoms with E-state index in [1.807, 2.05) is 0 Å². The van der Waals surface area contributed by atoms with Crippen molar-refractivity contribution >= 4 is 0 Å². The van der Waals surface area contributed by atoms with Crippen molar-refractivity contribution in [1.82, 2.24) is 19.9 Å². The zero-order valence-corrected chi connectivity index (χ0v) is 29.5. The molecular formula is C32H16F28N4. The van der Waals surface area contributed by atoms with Crippen LogP contribution in [0, 0.1) is 0 Å². The lowest BCUT2D eigenvalue weighted by Crippen LogP contribution is -2.56. The highest BCUT2D eigenvalue weighted by Gasteiger charge is 2.80. The van der Waals surface area contributed by atoms with Gasteiger partial charge in [0.2, 0.25) is 0 Å². The van der Waals surface area contributed by atoms with E-state index in [2.05, 4.69) is 0 Å². The van der Waals surface area contributed by atoms with Gasteiger partial charge in [-0.15, -0.1) is 0 Å². The molecule has 0 unspecified atom stereocenters. The van der Waals surface area contributed by atoms with Crippen molar-refractivity contribution in [1.29, 1.82) is 0 Å². The van der Waals surface area contributed by atoms with Crippen LogP contribution in [0.2, 0.25) is 0 Å². The van der Waals surface area contributed by atoms with Gasteiger partial charge >= 0.3 is 72.1 Å². The second-order valence-electron chi connectivity index (χ2n) is 14.0. The summed E-state index contributed by atoms with van der Waals surface area (Å²) in [6, 6.07) is -2.90. The van der Waals surface area contributed by atoms with Gasteiger partial charge in [-0.25, -0.2) is 0 Å². The summed E-state index contributed by atoms with van der Waals surface area (Å²) in [6.45, 7) is 0. The fourth-order valence-electron chi connectivity index (χ4n) is 6.78. The van der Waals surface area contributed by atoms with Gasteiger partial charge in [0.15, 0.2) is 0 Å². The van der Waals surface area contributed by atoms with Gasteiger partial charge in [0.25, 0.3) is 0 Å². The third-order valence-corrected chi connectivity index (χ3v) is 9.96. The van der Waals surface area contributed by atoms with Crippen LogP contribution in [0.3, 0.4) is 0 Å². The van der Waals surface area contributed by atoms with E-state index in [1.54, 1.807) is 0 Å². The number of nitrogens with one attached hydrogen (secondary N) is 4. The lowest BCUT2D eigenvalue weighted by molar-refractivity contribution is -0.357. The minimum atomic E-state index is -7.43. The molecule has 8 bridgehead atoms. The summed E-state index contributed by atoms with van der Waals surface area (Å²) in [5, 5.41) is 0. The number of halogens is 28. The van der Waals surface area contributed by atoms with Gasteiger partial charge < -0.3 is 19.9 Å². The molecule has 0 fully saturated rings. The lowest BCUT2D eigenvalue weighted by atomic mass is 9.89. The number of alkyl halides is 28. The molecule has 0 aromatic carbocycles. The predicted octanol–water partition coefficient (Wildman–Crippen LogP) is 13.2. The normalized spacial score (nSPS) is 20.8. The molecule has 4 aromatic rings. The molecule has 64 heavy (non-hydrogen) atoms. The van der Waals surface area contributed by atoms with Gasteiger partial charge in [-0.1, -0.05) is 0 Å². The number of hydrogen-bond donors (Lipinski definition) is 4. The van der Waals surface area contributed by atoms with E-state index in [9.17, 15) is 87.8 Å². The Morgan fingerprint density at radius 1 is 0.219 bits per heavy atom. The first-order chi connectivity index (χ1) is 28.4. The standard InChI is InChI=1S/C32H16F28N4/c33-21(34,25(41,42)29(49,50)51)17-9-1-2-10(61-9)18(22(35,36)26(43,44)30(52,53)54)12-5-6-14(63-12)20(24(39,40)28(47,48)32(58,59)60)16-8-7-15(64-16)19(13-4-3-11(17)62-13)23(37,38)27(45,46)31(55,56)57/h1-8,17-20,61-64H. The second-order valence-corrected chi connectivity index (χ2v) is 14.0. The number of H-pyrrole nitrogens is 4. The summed E-state index contributed by atoms with van der Waals surface area (Å²) in [5.41, 5.74) is -17.4. The molecule has 1 aliphatic rings. The van der Waals surface area contributed by atoms with Gasteiger partial charge in [-0.3, -0.25) is 0 Å². The van der Waals surface area contributed by atoms with E-state index in [0.717, 1.165) is 19.9 Å². The van der Waals surface area contributed by atoms with Crippen molar-refractivity contribution in [2.75, 3.05) is 0 Å². The molecule has 5 rings (SSSR count). The number of hydrogen-bond acceptors (Lipinski definition) is 0. The largest absolute Gasteiger partial charge is 0.459 e. The van der Waals surface area contributed by atoms with E-state index in [1.165, 1.54) is 0 Å². The summed E-state index contributed by atoms with van der Waals surface area (Å²) in [6.07, 6.45) is -29.6. The number of rotatable bonds is 8. The molecule has 0 saturated heterocycles. The molecular weight excluding hydrogens is 972 g/mol. The van der Waals surface area contributed by atoms with Crippen LogP contribution in [0.1, 0.15) is 69.2 Å². The van der Waals surface area contributed by atoms with Gasteiger partial charge in [-0.2, -0.15) is 123 Å². The van der Waals surface area contributed by atoms with Crippen molar-refractivity contribution in [3.8, 4) is 0 Å². The third kappa shape index (κ3) is 7.12. The Kier molecular flexibility index (Phi) is 11.2. The molecule has 4 aromatic heterocycles. The molecule has 0 atom stereocenters. The van der Waals surface area contributed by atoms with Crippen molar-refractivity contribution in [3.63, 3.8) is 0 Å². The highest BCUT2D eigenvalue weighted by molar-refractivity contribution is 5.42. The molecule has 5 heterocycles. The van der Waals surface area contributed by atoms with Crippen LogP contribution in [0.25, 0.3) is 0 Å². The average molecular weight is 988 g/mol. The molecule has 0 radical (unpaired) electrons. The second kappa shape index (κ2) is 14.3. The van der Waals surface area contributed by atoms with Crippen LogP contribution in [0.5, 0.6) is 0 Å². The summed E-state index contributed by atoms with van der Waals surface area (Å²) in [7, 11) is 0. The fourth-order valence-corrected chi connectivity index (χ4v) is 6.78. The highest BCUT2D eigenvalue weighted by Crippen LogP contribution is 2.60. The fraction of sp³-hybridized carbons (Fsp3) is 0.500. The maximum atomic E-state index is 15.7. The number of aromatic amines is 4. The van der Waals surface area contributed by atoms with E-state index in [4.69, 9.17) is 0 Å². The molecule has 0 spiro atoms. The minimum Gasteiger partial charge on any atom is -0.361 e. The molecule has 1 aliphatic heterocycles. The third-order valence-electron chi connectivity index (χ3n) is 9.96. The minimum absolute atomic E-state index is 0.362. The topological polar surface area (TPSA) is 63.2 Å². The Morgan fingerprint density at radius 3 is 0.422 bits per heavy atom. The van der Waals surface area contributed by atoms with Crippen molar-refractivity contribution in [2.45, 2.75) is 95.8 Å². The Hall–Kier alpha value is -4.84. The highest BCUT2D eigenvalue weighted by atomic mass is 19.5. The first-order valence-electron chi connectivity index (χ1n) is 16.4. The molecule has 0 amide bonds. The summed E-state index contributed by atoms with van der Waals surface area (Å²) >= 11 is 0. The van der Waals surface area contributed by atoms with Crippen LogP contribution in [0.4, 0.5) is 123 Å². The maximum absolute atomic E-state index is 15.7. The molecule has 32 heteroatoms. The first-order valence-corrected chi connectivity index (χ1v) is 16.4. The van der Waals surface area contributed by atoms with Crippen molar-refractivity contribution < 1.29 is 123 Å². The van der Waals surface area contributed by atoms with Crippen LogP contribution in [-0.2, 0) is 0 Å². The smallest absolute Gasteiger partial charge is 0.361 e. The molecule has 0 saturated carbocycles. The quantitative estimate of drug-likeness (QED) is 0.127. The van der Waals surface area contributed by atoms with Gasteiger partial charge in [-0.05, 0) is 48.5 Å². The summed E-state index contributed by atoms with van der Waals surface area (Å²) < 4.78 is 404. The summed E-state index contributed by atoms with van der Waals surface area (Å²) in [5.74, 6) is -74.6. The number of fused-ring (bicyclic) bond motifs is 8. The molecule has 4 nitrogen and oxygen atoms in total. The maximum Gasteiger partial charge on any atom is 0.459 e. The number of aromatic nitrogens is 4. The van der Waals surface area contributed by atoms with Crippen LogP contribution < -0.4 is 0 Å². The molecule has 4 N–H and O–H groups in total. The SMILES string of the molecule is FC(F)(F)C(F)(F)C(F)(F)C1c2ccc([nH]2)C(C(F)(F)C(F)(F)C(F)(F)F)c2ccc([nH]2)C(C(F)(F)C(F)(F)C(F)(F)F)c2ccc([nH]2)C(C(F)(F)C(F)(F)C(F)(F)F)c2ccc1[nH]2. The predicted molar refractivity (Wildman–Crippen MR) is 154 cm³/mol. The average Bonchev–Trinajstić information content (AvgIpc) is 3.93. The Balaban J connectivity index is 1.99. The van der Waals surface area contributed by atoms with E-state index >= 15 is 35.1 Å². The van der Waals surface area contributed by atoms with Gasteiger partial charge in [0.05, 0.1) is 0 Å². The monoisotopic (exact) mass is 988 g/mol. The van der Waals surface area contributed by atoms with Crippen LogP contribution >= 0.6 is 0 Å². The Bertz CT molecular complexity index is 1910. The Labute approximate surface area is 333 Å². The first kappa shape index (κ1) is 50.2. The van der Waals surface area contributed by atoms with Crippen LogP contribution in [0.15, 0.2) is 48.5 Å².